The van der Waals surface area contributed by atoms with Crippen molar-refractivity contribution < 1.29 is 14.5 Å². The number of hydrogen-bond donors (Lipinski definition) is 2. The summed E-state index contributed by atoms with van der Waals surface area (Å²) in [5.74, 6) is -0.0263. The zero-order valence-corrected chi connectivity index (χ0v) is 12.7. The lowest BCUT2D eigenvalue weighted by atomic mass is 10.1. The molecular weight excluding hydrogens is 294 g/mol. The molecule has 0 spiro atoms. The molecule has 0 saturated carbocycles. The number of carbonyl (C=O) groups excluding carboxylic acids is 1. The number of amides is 1. The highest BCUT2D eigenvalue weighted by Crippen LogP contribution is 2.34. The third-order valence-electron chi connectivity index (χ3n) is 3.34. The van der Waals surface area contributed by atoms with Crippen molar-refractivity contribution in [3.8, 4) is 5.75 Å². The van der Waals surface area contributed by atoms with Crippen LogP contribution in [-0.2, 0) is 0 Å². The highest BCUT2D eigenvalue weighted by Gasteiger charge is 2.26. The van der Waals surface area contributed by atoms with Crippen LogP contribution in [0.25, 0.3) is 0 Å². The number of nitrogens with one attached hydrogen (secondary N) is 2. The minimum atomic E-state index is -0.561. The Morgan fingerprint density at radius 3 is 2.86 bits per heavy atom. The smallest absolute Gasteiger partial charge is 0.285 e. The van der Waals surface area contributed by atoms with Gasteiger partial charge in [-0.15, -0.1) is 11.8 Å². The minimum absolute atomic E-state index is 0.0111. The molecule has 7 nitrogen and oxygen atoms in total. The van der Waals surface area contributed by atoms with Gasteiger partial charge in [0.1, 0.15) is 11.3 Å². The number of hydrogen-bond acceptors (Lipinski definition) is 6. The van der Waals surface area contributed by atoms with E-state index in [1.54, 1.807) is 0 Å². The predicted molar refractivity (Wildman–Crippen MR) is 80.2 cm³/mol. The van der Waals surface area contributed by atoms with E-state index in [-0.39, 0.29) is 17.3 Å². The lowest BCUT2D eigenvalue weighted by Gasteiger charge is -2.13. The van der Waals surface area contributed by atoms with Crippen LogP contribution in [-0.4, -0.2) is 43.3 Å². The molecule has 1 saturated heterocycles. The first-order chi connectivity index (χ1) is 10.1. The molecule has 1 fully saturated rings. The van der Waals surface area contributed by atoms with E-state index in [0.29, 0.717) is 17.2 Å². The number of benzene rings is 1. The molecule has 1 aromatic carbocycles. The lowest BCUT2D eigenvalue weighted by molar-refractivity contribution is -0.385. The Hall–Kier alpha value is -1.80. The first kappa shape index (κ1) is 15.6. The molecule has 1 amide bonds. The van der Waals surface area contributed by atoms with E-state index in [4.69, 9.17) is 4.74 Å². The van der Waals surface area contributed by atoms with Crippen molar-refractivity contribution in [2.24, 2.45) is 0 Å². The van der Waals surface area contributed by atoms with Gasteiger partial charge in [-0.1, -0.05) is 0 Å². The summed E-state index contributed by atoms with van der Waals surface area (Å²) < 4.78 is 5.13. The van der Waals surface area contributed by atoms with Crippen LogP contribution in [0.15, 0.2) is 17.0 Å². The van der Waals surface area contributed by atoms with Gasteiger partial charge in [-0.3, -0.25) is 14.9 Å². The zero-order valence-electron chi connectivity index (χ0n) is 11.8. The molecule has 0 radical (unpaired) electrons. The fourth-order valence-electron chi connectivity index (χ4n) is 2.24. The predicted octanol–water partition coefficient (Wildman–Crippen LogP) is 1.42. The molecule has 0 aromatic heterocycles. The number of methoxy groups -OCH3 is 1. The maximum Gasteiger partial charge on any atom is 0.285 e. The maximum atomic E-state index is 12.3. The van der Waals surface area contributed by atoms with Gasteiger partial charge >= 0.3 is 0 Å². The fourth-order valence-corrected chi connectivity index (χ4v) is 2.82. The van der Waals surface area contributed by atoms with Crippen molar-refractivity contribution >= 4 is 23.4 Å². The molecule has 8 heteroatoms. The molecule has 21 heavy (non-hydrogen) atoms. The number of carbonyl (C=O) groups is 1. The Labute approximate surface area is 126 Å². The number of nitrogens with zero attached hydrogens (tertiary/aromatic N) is 1. The molecule has 0 aliphatic carbocycles. The van der Waals surface area contributed by atoms with Gasteiger partial charge in [-0.2, -0.15) is 0 Å². The molecule has 1 aliphatic heterocycles. The Morgan fingerprint density at radius 2 is 2.33 bits per heavy atom. The van der Waals surface area contributed by atoms with Crippen molar-refractivity contribution in [3.05, 3.63) is 27.8 Å². The van der Waals surface area contributed by atoms with Crippen molar-refractivity contribution in [3.63, 3.8) is 0 Å². The van der Waals surface area contributed by atoms with Crippen LogP contribution in [0, 0.1) is 10.1 Å². The lowest BCUT2D eigenvalue weighted by Crippen LogP contribution is -2.36. The minimum Gasteiger partial charge on any atom is -0.495 e. The fraction of sp³-hybridized carbons (Fsp3) is 0.462. The third kappa shape index (κ3) is 3.45. The van der Waals surface area contributed by atoms with Crippen molar-refractivity contribution in [1.29, 1.82) is 0 Å². The van der Waals surface area contributed by atoms with Gasteiger partial charge in [0.2, 0.25) is 0 Å². The van der Waals surface area contributed by atoms with Crippen LogP contribution in [0.2, 0.25) is 0 Å². The molecule has 1 aliphatic rings. The quantitative estimate of drug-likeness (QED) is 0.485. The van der Waals surface area contributed by atoms with Gasteiger partial charge < -0.3 is 15.4 Å². The van der Waals surface area contributed by atoms with Crippen LogP contribution in [0.3, 0.4) is 0 Å². The SMILES string of the molecule is COc1cc([N+](=O)[O-])c(C(=O)NC2CCNC2)cc1SC. The summed E-state index contributed by atoms with van der Waals surface area (Å²) in [5.41, 5.74) is -0.176. The van der Waals surface area contributed by atoms with Gasteiger partial charge in [-0.05, 0) is 25.3 Å². The molecular formula is C13H17N3O4S. The molecule has 2 rings (SSSR count). The highest BCUT2D eigenvalue weighted by atomic mass is 32.2. The van der Waals surface area contributed by atoms with Crippen molar-refractivity contribution in [1.82, 2.24) is 10.6 Å². The molecule has 1 atom stereocenters. The summed E-state index contributed by atoms with van der Waals surface area (Å²) in [6.07, 6.45) is 2.65. The van der Waals surface area contributed by atoms with E-state index in [1.165, 1.54) is 31.0 Å². The Bertz CT molecular complexity index is 559. The highest BCUT2D eigenvalue weighted by molar-refractivity contribution is 7.98. The van der Waals surface area contributed by atoms with E-state index in [2.05, 4.69) is 10.6 Å². The van der Waals surface area contributed by atoms with Crippen molar-refractivity contribution in [2.45, 2.75) is 17.4 Å². The molecule has 114 valence electrons. The normalized spacial score (nSPS) is 17.5. The second-order valence-electron chi connectivity index (χ2n) is 4.64. The number of nitro benzene ring substituents is 1. The molecule has 0 bridgehead atoms. The first-order valence-electron chi connectivity index (χ1n) is 6.48. The standard InChI is InChI=1S/C13H17N3O4S/c1-20-11-6-10(16(18)19)9(5-12(11)21-2)13(17)15-8-3-4-14-7-8/h5-6,8,14H,3-4,7H2,1-2H3,(H,15,17). The summed E-state index contributed by atoms with van der Waals surface area (Å²) >= 11 is 1.37. The average Bonchev–Trinajstić information content (AvgIpc) is 2.98. The van der Waals surface area contributed by atoms with Crippen LogP contribution in [0.1, 0.15) is 16.8 Å². The van der Waals surface area contributed by atoms with E-state index >= 15 is 0 Å². The first-order valence-corrected chi connectivity index (χ1v) is 7.71. The molecule has 1 heterocycles. The van der Waals surface area contributed by atoms with Crippen LogP contribution < -0.4 is 15.4 Å². The summed E-state index contributed by atoms with van der Waals surface area (Å²) in [7, 11) is 1.45. The Kier molecular flexibility index (Phi) is 5.03. The zero-order chi connectivity index (χ0) is 15.4. The largest absolute Gasteiger partial charge is 0.495 e. The van der Waals surface area contributed by atoms with Crippen LogP contribution in [0.4, 0.5) is 5.69 Å². The van der Waals surface area contributed by atoms with Gasteiger partial charge in [0.15, 0.2) is 0 Å². The number of ether oxygens (including phenoxy) is 1. The monoisotopic (exact) mass is 311 g/mol. The number of thioether (sulfide) groups is 1. The van der Waals surface area contributed by atoms with Gasteiger partial charge in [0.25, 0.3) is 11.6 Å². The van der Waals surface area contributed by atoms with Gasteiger partial charge in [0.05, 0.1) is 23.0 Å². The summed E-state index contributed by atoms with van der Waals surface area (Å²) in [5, 5.41) is 17.1. The molecule has 2 N–H and O–H groups in total. The molecule has 1 aromatic rings. The topological polar surface area (TPSA) is 93.5 Å². The average molecular weight is 311 g/mol. The second-order valence-corrected chi connectivity index (χ2v) is 5.49. The van der Waals surface area contributed by atoms with Crippen LogP contribution in [0.5, 0.6) is 5.75 Å². The summed E-state index contributed by atoms with van der Waals surface area (Å²) in [6, 6.07) is 2.82. The Morgan fingerprint density at radius 1 is 1.57 bits per heavy atom. The van der Waals surface area contributed by atoms with E-state index < -0.39 is 10.8 Å². The summed E-state index contributed by atoms with van der Waals surface area (Å²) in [4.78, 5) is 23.6. The van der Waals surface area contributed by atoms with Crippen molar-refractivity contribution in [2.75, 3.05) is 26.5 Å². The number of nitro groups is 1. The summed E-state index contributed by atoms with van der Waals surface area (Å²) in [6.45, 7) is 1.52. The van der Waals surface area contributed by atoms with E-state index in [9.17, 15) is 14.9 Å². The van der Waals surface area contributed by atoms with E-state index in [0.717, 1.165) is 13.0 Å². The van der Waals surface area contributed by atoms with Gasteiger partial charge in [-0.25, -0.2) is 0 Å². The maximum absolute atomic E-state index is 12.3. The van der Waals surface area contributed by atoms with E-state index in [1.807, 2.05) is 6.26 Å². The molecule has 1 unspecified atom stereocenters. The van der Waals surface area contributed by atoms with Gasteiger partial charge in [0, 0.05) is 12.6 Å². The third-order valence-corrected chi connectivity index (χ3v) is 4.10. The van der Waals surface area contributed by atoms with Crippen LogP contribution >= 0.6 is 11.8 Å². The Balaban J connectivity index is 2.35. The second kappa shape index (κ2) is 6.77. The number of rotatable bonds is 5.